The van der Waals surface area contributed by atoms with E-state index in [-0.39, 0.29) is 33.0 Å². The summed E-state index contributed by atoms with van der Waals surface area (Å²) < 4.78 is 1.26. The average molecular weight is 418 g/mol. The number of halogens is 2. The van der Waals surface area contributed by atoms with Gasteiger partial charge in [-0.1, -0.05) is 50.9 Å². The van der Waals surface area contributed by atoms with E-state index in [1.54, 1.807) is 0 Å². The third-order valence-corrected chi connectivity index (χ3v) is 4.99. The van der Waals surface area contributed by atoms with Gasteiger partial charge in [-0.3, -0.25) is 9.36 Å². The molecule has 0 bridgehead atoms. The highest BCUT2D eigenvalue weighted by Crippen LogP contribution is 2.37. The van der Waals surface area contributed by atoms with Crippen LogP contribution in [0.25, 0.3) is 21.6 Å². The fourth-order valence-corrected chi connectivity index (χ4v) is 3.31. The summed E-state index contributed by atoms with van der Waals surface area (Å²) in [5.74, 6) is -0.554. The highest BCUT2D eigenvalue weighted by Gasteiger charge is 2.26. The van der Waals surface area contributed by atoms with Crippen molar-refractivity contribution in [3.05, 3.63) is 55.7 Å². The summed E-state index contributed by atoms with van der Waals surface area (Å²) in [6, 6.07) is 1.39. The molecule has 0 aromatic carbocycles. The molecule has 0 atom stereocenters. The monoisotopic (exact) mass is 417 g/mol. The van der Waals surface area contributed by atoms with Crippen molar-refractivity contribution in [1.82, 2.24) is 19.5 Å². The van der Waals surface area contributed by atoms with Crippen LogP contribution in [-0.4, -0.2) is 24.6 Å². The molecular formula is C19H17Cl2N5O2. The summed E-state index contributed by atoms with van der Waals surface area (Å²) in [5, 5.41) is 10.7. The molecule has 0 fully saturated rings. The van der Waals surface area contributed by atoms with Crippen LogP contribution < -0.4 is 5.56 Å². The van der Waals surface area contributed by atoms with Crippen LogP contribution in [0, 0.1) is 6.57 Å². The van der Waals surface area contributed by atoms with Gasteiger partial charge in [0.1, 0.15) is 17.2 Å². The first-order valence-electron chi connectivity index (χ1n) is 8.55. The summed E-state index contributed by atoms with van der Waals surface area (Å²) in [5.41, 5.74) is 0.625. The molecule has 0 aliphatic heterocycles. The summed E-state index contributed by atoms with van der Waals surface area (Å²) in [7, 11) is 0. The molecule has 28 heavy (non-hydrogen) atoms. The maximum absolute atomic E-state index is 13.2. The minimum atomic E-state index is -0.718. The Kier molecular flexibility index (Phi) is 5.28. The quantitative estimate of drug-likeness (QED) is 0.479. The molecule has 0 aliphatic rings. The SMILES string of the molecule is [C-]#[N+]c1c(O)c2cc(Cl)c(Cl)nc2n(-c2c(C(C)C)ncnc2C(C)C)c1=O. The molecule has 3 heterocycles. The van der Waals surface area contributed by atoms with E-state index in [1.807, 2.05) is 27.7 Å². The van der Waals surface area contributed by atoms with Crippen molar-refractivity contribution in [2.45, 2.75) is 39.5 Å². The lowest BCUT2D eigenvalue weighted by atomic mass is 10.0. The highest BCUT2D eigenvalue weighted by atomic mass is 35.5. The Morgan fingerprint density at radius 3 is 2.21 bits per heavy atom. The van der Waals surface area contributed by atoms with Gasteiger partial charge in [-0.25, -0.2) is 19.8 Å². The number of nitrogens with zero attached hydrogens (tertiary/aromatic N) is 5. The normalized spacial score (nSPS) is 11.4. The zero-order valence-corrected chi connectivity index (χ0v) is 17.2. The van der Waals surface area contributed by atoms with Crippen LogP contribution in [0.4, 0.5) is 5.69 Å². The lowest BCUT2D eigenvalue weighted by Gasteiger charge is -2.21. The maximum Gasteiger partial charge on any atom is 0.292 e. The minimum absolute atomic E-state index is 0.0219. The smallest absolute Gasteiger partial charge is 0.292 e. The van der Waals surface area contributed by atoms with E-state index in [0.29, 0.717) is 17.1 Å². The predicted octanol–water partition coefficient (Wildman–Crippen LogP) is 4.99. The Morgan fingerprint density at radius 1 is 1.14 bits per heavy atom. The molecule has 0 radical (unpaired) electrons. The topological polar surface area (TPSA) is 85.3 Å². The third kappa shape index (κ3) is 3.09. The summed E-state index contributed by atoms with van der Waals surface area (Å²) >= 11 is 12.2. The zero-order chi connectivity index (χ0) is 20.7. The van der Waals surface area contributed by atoms with Crippen molar-refractivity contribution in [2.75, 3.05) is 0 Å². The molecular weight excluding hydrogens is 401 g/mol. The van der Waals surface area contributed by atoms with Crippen molar-refractivity contribution in [2.24, 2.45) is 0 Å². The Labute approximate surface area is 171 Å². The van der Waals surface area contributed by atoms with E-state index in [4.69, 9.17) is 29.8 Å². The van der Waals surface area contributed by atoms with E-state index in [9.17, 15) is 9.90 Å². The number of hydrogen-bond donors (Lipinski definition) is 1. The lowest BCUT2D eigenvalue weighted by molar-refractivity contribution is 0.483. The van der Waals surface area contributed by atoms with Gasteiger partial charge in [0.2, 0.25) is 0 Å². The van der Waals surface area contributed by atoms with Gasteiger partial charge >= 0.3 is 0 Å². The number of aromatic nitrogens is 4. The largest absolute Gasteiger partial charge is 0.518 e. The maximum atomic E-state index is 13.2. The van der Waals surface area contributed by atoms with Crippen LogP contribution in [0.2, 0.25) is 10.2 Å². The Bertz CT molecular complexity index is 1170. The van der Waals surface area contributed by atoms with Gasteiger partial charge in [0.05, 0.1) is 34.1 Å². The van der Waals surface area contributed by atoms with E-state index >= 15 is 0 Å². The van der Waals surface area contributed by atoms with Crippen molar-refractivity contribution in [3.8, 4) is 11.4 Å². The van der Waals surface area contributed by atoms with Crippen LogP contribution >= 0.6 is 23.2 Å². The fourth-order valence-electron chi connectivity index (χ4n) is 3.02. The van der Waals surface area contributed by atoms with Crippen LogP contribution in [0.3, 0.4) is 0 Å². The first-order chi connectivity index (χ1) is 13.2. The number of pyridine rings is 2. The van der Waals surface area contributed by atoms with Crippen molar-refractivity contribution in [1.29, 1.82) is 0 Å². The molecule has 0 unspecified atom stereocenters. The van der Waals surface area contributed by atoms with Crippen LogP contribution in [-0.2, 0) is 0 Å². The molecule has 0 amide bonds. The molecule has 1 N–H and O–H groups in total. The van der Waals surface area contributed by atoms with Gasteiger partial charge in [0, 0.05) is 0 Å². The molecule has 9 heteroatoms. The van der Waals surface area contributed by atoms with Gasteiger partial charge in [0.25, 0.3) is 11.2 Å². The molecule has 3 rings (SSSR count). The minimum Gasteiger partial charge on any atom is -0.518 e. The number of fused-ring (bicyclic) bond motifs is 1. The standard InChI is InChI=1S/C19H17Cl2N5O2/c1-8(2)12-15(13(9(3)4)24-7-23-12)26-18-10(6-11(20)17(21)25-18)16(27)14(22-5)19(26)28/h6-9,27H,1-4H3. The van der Waals surface area contributed by atoms with Gasteiger partial charge in [-0.2, -0.15) is 0 Å². The van der Waals surface area contributed by atoms with Gasteiger partial charge in [-0.05, 0) is 17.9 Å². The van der Waals surface area contributed by atoms with Gasteiger partial charge in [0.15, 0.2) is 5.65 Å². The fraction of sp³-hybridized carbons (Fsp3) is 0.316. The Hall–Kier alpha value is -2.69. The Balaban J connectivity index is 2.65. The molecule has 0 aliphatic carbocycles. The molecule has 7 nitrogen and oxygen atoms in total. The third-order valence-electron chi connectivity index (χ3n) is 4.32. The van der Waals surface area contributed by atoms with Crippen molar-refractivity contribution < 1.29 is 5.11 Å². The van der Waals surface area contributed by atoms with E-state index in [1.165, 1.54) is 17.0 Å². The summed E-state index contributed by atoms with van der Waals surface area (Å²) in [6.07, 6.45) is 1.45. The van der Waals surface area contributed by atoms with Crippen LogP contribution in [0.5, 0.6) is 5.75 Å². The number of aromatic hydroxyl groups is 1. The van der Waals surface area contributed by atoms with Crippen molar-refractivity contribution in [3.63, 3.8) is 0 Å². The highest BCUT2D eigenvalue weighted by molar-refractivity contribution is 6.41. The average Bonchev–Trinajstić information content (AvgIpc) is 2.64. The number of rotatable bonds is 3. The molecule has 0 saturated heterocycles. The molecule has 0 saturated carbocycles. The second kappa shape index (κ2) is 7.38. The first-order valence-corrected chi connectivity index (χ1v) is 9.30. The van der Waals surface area contributed by atoms with E-state index in [0.717, 1.165) is 0 Å². The van der Waals surface area contributed by atoms with E-state index < -0.39 is 17.0 Å². The lowest BCUT2D eigenvalue weighted by Crippen LogP contribution is -2.24. The molecule has 0 spiro atoms. The molecule has 3 aromatic heterocycles. The zero-order valence-electron chi connectivity index (χ0n) is 15.7. The van der Waals surface area contributed by atoms with E-state index in [2.05, 4.69) is 19.8 Å². The van der Waals surface area contributed by atoms with Crippen LogP contribution in [0.15, 0.2) is 17.2 Å². The van der Waals surface area contributed by atoms with Gasteiger partial charge < -0.3 is 5.11 Å². The second-order valence-corrected chi connectivity index (χ2v) is 7.65. The van der Waals surface area contributed by atoms with Crippen LogP contribution in [0.1, 0.15) is 50.9 Å². The van der Waals surface area contributed by atoms with Crippen molar-refractivity contribution >= 4 is 39.9 Å². The number of hydrogen-bond acceptors (Lipinski definition) is 5. The summed E-state index contributed by atoms with van der Waals surface area (Å²) in [6.45, 7) is 15.1. The summed E-state index contributed by atoms with van der Waals surface area (Å²) in [4.78, 5) is 29.4. The molecule has 144 valence electrons. The van der Waals surface area contributed by atoms with Gasteiger partial charge in [-0.15, -0.1) is 0 Å². The first kappa shape index (κ1) is 20.1. The Morgan fingerprint density at radius 2 is 1.71 bits per heavy atom. The predicted molar refractivity (Wildman–Crippen MR) is 109 cm³/mol. The molecule has 3 aromatic rings. The second-order valence-electron chi connectivity index (χ2n) is 6.88.